The summed E-state index contributed by atoms with van der Waals surface area (Å²) in [6.45, 7) is 0. The molecule has 0 amide bonds. The summed E-state index contributed by atoms with van der Waals surface area (Å²) >= 11 is 0. The monoisotopic (exact) mass is 514 g/mol. The fourth-order valence-electron chi connectivity index (χ4n) is 5.77. The SMILES string of the molecule is c1ccc(Cc2cc(-c3ccccc3)c(Cc3ccccc3)c(Cc3ccccc3)c2Cc2ccccc2)cc1. The Morgan fingerprint density at radius 3 is 1.10 bits per heavy atom. The molecule has 0 aliphatic heterocycles. The van der Waals surface area contributed by atoms with Crippen LogP contribution < -0.4 is 0 Å². The molecule has 0 N–H and O–H groups in total. The molecule has 6 rings (SSSR count). The molecule has 0 radical (unpaired) electrons. The molecule has 0 nitrogen and oxygen atoms in total. The van der Waals surface area contributed by atoms with Crippen molar-refractivity contribution in [1.29, 1.82) is 0 Å². The first-order valence-corrected chi connectivity index (χ1v) is 14.2. The van der Waals surface area contributed by atoms with E-state index in [1.807, 2.05) is 0 Å². The van der Waals surface area contributed by atoms with Gasteiger partial charge in [-0.3, -0.25) is 0 Å². The molecule has 0 fully saturated rings. The molecule has 0 aliphatic rings. The molecule has 0 unspecified atom stereocenters. The standard InChI is InChI=1S/C40H34/c1-6-16-31(17-7-1)26-36-30-38(35-24-14-5-15-25-35)40(29-34-22-12-4-13-23-34)39(28-33-20-10-3-11-21-33)37(36)27-32-18-8-2-9-19-32/h1-25,30H,26-29H2. The van der Waals surface area contributed by atoms with Crippen molar-refractivity contribution in [1.82, 2.24) is 0 Å². The minimum Gasteiger partial charge on any atom is -0.0622 e. The molecule has 0 aromatic heterocycles. The van der Waals surface area contributed by atoms with Crippen LogP contribution in [0.5, 0.6) is 0 Å². The second-order valence-corrected chi connectivity index (χ2v) is 10.5. The van der Waals surface area contributed by atoms with Crippen molar-refractivity contribution in [3.63, 3.8) is 0 Å². The van der Waals surface area contributed by atoms with Gasteiger partial charge in [0.15, 0.2) is 0 Å². The third-order valence-corrected chi connectivity index (χ3v) is 7.75. The van der Waals surface area contributed by atoms with E-state index in [9.17, 15) is 0 Å². The Bertz CT molecular complexity index is 1640. The first kappa shape index (κ1) is 25.6. The Morgan fingerprint density at radius 2 is 0.650 bits per heavy atom. The zero-order valence-electron chi connectivity index (χ0n) is 22.8. The molecule has 194 valence electrons. The fourth-order valence-corrected chi connectivity index (χ4v) is 5.77. The van der Waals surface area contributed by atoms with Crippen molar-refractivity contribution in [2.75, 3.05) is 0 Å². The summed E-state index contributed by atoms with van der Waals surface area (Å²) < 4.78 is 0. The molecular formula is C40H34. The highest BCUT2D eigenvalue weighted by molar-refractivity contribution is 5.73. The van der Waals surface area contributed by atoms with Crippen LogP contribution in [0.15, 0.2) is 158 Å². The van der Waals surface area contributed by atoms with Crippen LogP contribution in [0.3, 0.4) is 0 Å². The molecule has 0 heteroatoms. The summed E-state index contributed by atoms with van der Waals surface area (Å²) in [4.78, 5) is 0. The van der Waals surface area contributed by atoms with Crippen LogP contribution >= 0.6 is 0 Å². The van der Waals surface area contributed by atoms with E-state index in [4.69, 9.17) is 0 Å². The van der Waals surface area contributed by atoms with Crippen LogP contribution in [0.4, 0.5) is 0 Å². The molecule has 0 aliphatic carbocycles. The van der Waals surface area contributed by atoms with Crippen LogP contribution in [0, 0.1) is 0 Å². The van der Waals surface area contributed by atoms with Gasteiger partial charge in [0.1, 0.15) is 0 Å². The number of rotatable bonds is 9. The zero-order chi connectivity index (χ0) is 27.0. The van der Waals surface area contributed by atoms with E-state index >= 15 is 0 Å². The van der Waals surface area contributed by atoms with E-state index < -0.39 is 0 Å². The predicted octanol–water partition coefficient (Wildman–Crippen LogP) is 9.72. The van der Waals surface area contributed by atoms with Gasteiger partial charge in [0.2, 0.25) is 0 Å². The van der Waals surface area contributed by atoms with Gasteiger partial charge >= 0.3 is 0 Å². The van der Waals surface area contributed by atoms with Crippen LogP contribution in [0.25, 0.3) is 11.1 Å². The summed E-state index contributed by atoms with van der Waals surface area (Å²) in [7, 11) is 0. The molecule has 0 saturated heterocycles. The number of hydrogen-bond donors (Lipinski definition) is 0. The van der Waals surface area contributed by atoms with E-state index in [1.54, 1.807) is 0 Å². The lowest BCUT2D eigenvalue weighted by atomic mass is 9.80. The van der Waals surface area contributed by atoms with Gasteiger partial charge in [-0.1, -0.05) is 158 Å². The first-order valence-electron chi connectivity index (χ1n) is 14.2. The molecular weight excluding hydrogens is 480 g/mol. The summed E-state index contributed by atoms with van der Waals surface area (Å²) in [5.74, 6) is 0. The zero-order valence-corrected chi connectivity index (χ0v) is 22.8. The maximum Gasteiger partial charge on any atom is -0.00167 e. The Kier molecular flexibility index (Phi) is 7.97. The molecule has 0 heterocycles. The second kappa shape index (κ2) is 12.5. The maximum absolute atomic E-state index is 2.49. The second-order valence-electron chi connectivity index (χ2n) is 10.5. The Balaban J connectivity index is 1.62. The molecule has 6 aromatic carbocycles. The molecule has 0 spiro atoms. The van der Waals surface area contributed by atoms with Crippen molar-refractivity contribution in [3.8, 4) is 11.1 Å². The van der Waals surface area contributed by atoms with Crippen molar-refractivity contribution >= 4 is 0 Å². The third-order valence-electron chi connectivity index (χ3n) is 7.75. The Hall–Kier alpha value is -4.68. The van der Waals surface area contributed by atoms with Gasteiger partial charge in [0, 0.05) is 0 Å². The maximum atomic E-state index is 2.49. The lowest BCUT2D eigenvalue weighted by Gasteiger charge is -2.24. The topological polar surface area (TPSA) is 0 Å². The number of benzene rings is 6. The van der Waals surface area contributed by atoms with Crippen molar-refractivity contribution in [2.45, 2.75) is 25.7 Å². The Morgan fingerprint density at radius 1 is 0.300 bits per heavy atom. The number of hydrogen-bond acceptors (Lipinski definition) is 0. The van der Waals surface area contributed by atoms with Gasteiger partial charge in [-0.05, 0) is 81.3 Å². The smallest absolute Gasteiger partial charge is 0.00167 e. The van der Waals surface area contributed by atoms with Crippen LogP contribution in [0.2, 0.25) is 0 Å². The molecule has 6 aromatic rings. The van der Waals surface area contributed by atoms with E-state index in [0.29, 0.717) is 0 Å². The van der Waals surface area contributed by atoms with E-state index in [-0.39, 0.29) is 0 Å². The average molecular weight is 515 g/mol. The van der Waals surface area contributed by atoms with Crippen molar-refractivity contribution in [2.24, 2.45) is 0 Å². The van der Waals surface area contributed by atoms with Crippen LogP contribution in [-0.4, -0.2) is 0 Å². The van der Waals surface area contributed by atoms with Gasteiger partial charge in [-0.2, -0.15) is 0 Å². The lowest BCUT2D eigenvalue weighted by molar-refractivity contribution is 0.997. The van der Waals surface area contributed by atoms with Gasteiger partial charge in [0.25, 0.3) is 0 Å². The summed E-state index contributed by atoms with van der Waals surface area (Å²) in [5.41, 5.74) is 13.8. The van der Waals surface area contributed by atoms with Crippen LogP contribution in [0.1, 0.15) is 44.5 Å². The van der Waals surface area contributed by atoms with Gasteiger partial charge in [-0.15, -0.1) is 0 Å². The highest BCUT2D eigenvalue weighted by atomic mass is 14.2. The van der Waals surface area contributed by atoms with Crippen molar-refractivity contribution in [3.05, 3.63) is 202 Å². The third kappa shape index (κ3) is 6.14. The van der Waals surface area contributed by atoms with E-state index in [0.717, 1.165) is 25.7 Å². The van der Waals surface area contributed by atoms with Gasteiger partial charge < -0.3 is 0 Å². The molecule has 0 atom stereocenters. The van der Waals surface area contributed by atoms with Gasteiger partial charge in [0.05, 0.1) is 0 Å². The lowest BCUT2D eigenvalue weighted by Crippen LogP contribution is -2.10. The van der Waals surface area contributed by atoms with E-state index in [1.165, 1.54) is 55.6 Å². The summed E-state index contributed by atoms with van der Waals surface area (Å²) in [5, 5.41) is 0. The molecule has 40 heavy (non-hydrogen) atoms. The highest BCUT2D eigenvalue weighted by Gasteiger charge is 2.20. The summed E-state index contributed by atoms with van der Waals surface area (Å²) in [6.07, 6.45) is 3.65. The molecule has 0 bridgehead atoms. The van der Waals surface area contributed by atoms with Crippen LogP contribution in [-0.2, 0) is 25.7 Å². The fraction of sp³-hybridized carbons (Fsp3) is 0.100. The van der Waals surface area contributed by atoms with Crippen molar-refractivity contribution < 1.29 is 0 Å². The predicted molar refractivity (Wildman–Crippen MR) is 169 cm³/mol. The average Bonchev–Trinajstić information content (AvgIpc) is 3.02. The normalized spacial score (nSPS) is 10.9. The minimum atomic E-state index is 0.903. The van der Waals surface area contributed by atoms with Gasteiger partial charge in [-0.25, -0.2) is 0 Å². The quantitative estimate of drug-likeness (QED) is 0.180. The first-order chi connectivity index (χ1) is 19.8. The Labute approximate surface area is 238 Å². The largest absolute Gasteiger partial charge is 0.0622 e. The minimum absolute atomic E-state index is 0.903. The highest BCUT2D eigenvalue weighted by Crippen LogP contribution is 2.36. The van der Waals surface area contributed by atoms with E-state index in [2.05, 4.69) is 158 Å². The summed E-state index contributed by atoms with van der Waals surface area (Å²) in [6, 6.07) is 57.2. The molecule has 0 saturated carbocycles.